The molecule has 2 saturated heterocycles. The highest BCUT2D eigenvalue weighted by atomic mass is 35.5. The molecule has 1 atom stereocenters. The maximum atomic E-state index is 12.9. The molecule has 2 heterocycles. The SMILES string of the molecule is CCNCC1CCN(C(=O)C2CC(=O)N(c3cc(Cl)cc(Cl)c3)C2)CC1.Cl. The van der Waals surface area contributed by atoms with Crippen molar-refractivity contribution < 1.29 is 9.59 Å². The van der Waals surface area contributed by atoms with Gasteiger partial charge in [-0.25, -0.2) is 0 Å². The Hall–Kier alpha value is -1.01. The van der Waals surface area contributed by atoms with Gasteiger partial charge in [0.15, 0.2) is 0 Å². The van der Waals surface area contributed by atoms with Gasteiger partial charge in [-0.05, 0) is 50.0 Å². The quantitative estimate of drug-likeness (QED) is 0.770. The van der Waals surface area contributed by atoms with Crippen LogP contribution in [0.3, 0.4) is 0 Å². The average molecular weight is 435 g/mol. The Morgan fingerprint density at radius 3 is 2.41 bits per heavy atom. The molecule has 27 heavy (non-hydrogen) atoms. The van der Waals surface area contributed by atoms with Gasteiger partial charge < -0.3 is 15.1 Å². The number of nitrogens with one attached hydrogen (secondary N) is 1. The maximum Gasteiger partial charge on any atom is 0.228 e. The number of carbonyl (C=O) groups excluding carboxylic acids is 2. The van der Waals surface area contributed by atoms with E-state index in [2.05, 4.69) is 12.2 Å². The molecule has 1 unspecified atom stereocenters. The zero-order chi connectivity index (χ0) is 18.7. The number of rotatable bonds is 5. The van der Waals surface area contributed by atoms with Crippen LogP contribution in [-0.4, -0.2) is 49.4 Å². The maximum absolute atomic E-state index is 12.9. The Morgan fingerprint density at radius 1 is 1.19 bits per heavy atom. The lowest BCUT2D eigenvalue weighted by Gasteiger charge is -2.33. The third-order valence-corrected chi connectivity index (χ3v) is 5.68. The molecule has 8 heteroatoms. The van der Waals surface area contributed by atoms with Crippen LogP contribution in [0.1, 0.15) is 26.2 Å². The Bertz CT molecular complexity index is 658. The molecule has 3 rings (SSSR count). The van der Waals surface area contributed by atoms with Crippen LogP contribution < -0.4 is 10.2 Å². The van der Waals surface area contributed by atoms with Gasteiger partial charge in [-0.1, -0.05) is 30.1 Å². The normalized spacial score (nSPS) is 20.7. The first kappa shape index (κ1) is 22.3. The Balaban J connectivity index is 0.00000261. The molecule has 5 nitrogen and oxygen atoms in total. The molecule has 150 valence electrons. The molecule has 0 radical (unpaired) electrons. The number of carbonyl (C=O) groups is 2. The van der Waals surface area contributed by atoms with E-state index in [-0.39, 0.29) is 36.6 Å². The van der Waals surface area contributed by atoms with E-state index >= 15 is 0 Å². The number of amides is 2. The summed E-state index contributed by atoms with van der Waals surface area (Å²) in [5.74, 6) is 0.388. The third kappa shape index (κ3) is 5.50. The van der Waals surface area contributed by atoms with Crippen molar-refractivity contribution in [3.63, 3.8) is 0 Å². The minimum absolute atomic E-state index is 0. The van der Waals surface area contributed by atoms with Crippen molar-refractivity contribution >= 4 is 53.1 Å². The van der Waals surface area contributed by atoms with Crippen LogP contribution in [0.15, 0.2) is 18.2 Å². The van der Waals surface area contributed by atoms with E-state index in [1.807, 2.05) is 4.90 Å². The minimum atomic E-state index is -0.287. The lowest BCUT2D eigenvalue weighted by Crippen LogP contribution is -2.44. The smallest absolute Gasteiger partial charge is 0.228 e. The number of hydrogen-bond acceptors (Lipinski definition) is 3. The summed E-state index contributed by atoms with van der Waals surface area (Å²) >= 11 is 12.1. The minimum Gasteiger partial charge on any atom is -0.342 e. The molecule has 1 aromatic carbocycles. The van der Waals surface area contributed by atoms with E-state index in [0.717, 1.165) is 39.0 Å². The van der Waals surface area contributed by atoms with E-state index in [4.69, 9.17) is 23.2 Å². The van der Waals surface area contributed by atoms with Crippen LogP contribution in [-0.2, 0) is 9.59 Å². The summed E-state index contributed by atoms with van der Waals surface area (Å²) in [5, 5.41) is 4.35. The Morgan fingerprint density at radius 2 is 1.81 bits per heavy atom. The number of nitrogens with zero attached hydrogens (tertiary/aromatic N) is 2. The second kappa shape index (κ2) is 9.97. The second-order valence-electron chi connectivity index (χ2n) is 7.11. The first-order valence-electron chi connectivity index (χ1n) is 9.24. The van der Waals surface area contributed by atoms with E-state index in [1.54, 1.807) is 23.1 Å². The van der Waals surface area contributed by atoms with Crippen LogP contribution >= 0.6 is 35.6 Å². The molecule has 2 amide bonds. The standard InChI is InChI=1S/C19H25Cl2N3O2.ClH/c1-2-22-11-13-3-5-23(6-4-13)19(26)14-7-18(25)24(12-14)17-9-15(20)8-16(21)10-17;/h8-10,13-14,22H,2-7,11-12H2,1H3;1H. The van der Waals surface area contributed by atoms with E-state index < -0.39 is 0 Å². The summed E-state index contributed by atoms with van der Waals surface area (Å²) < 4.78 is 0. The van der Waals surface area contributed by atoms with Crippen molar-refractivity contribution in [1.29, 1.82) is 0 Å². The van der Waals surface area contributed by atoms with Crippen molar-refractivity contribution in [1.82, 2.24) is 10.2 Å². The van der Waals surface area contributed by atoms with Gasteiger partial charge in [0.1, 0.15) is 0 Å². The van der Waals surface area contributed by atoms with E-state index in [1.165, 1.54) is 0 Å². The van der Waals surface area contributed by atoms with Crippen molar-refractivity contribution in [2.45, 2.75) is 26.2 Å². The Labute approximate surface area is 176 Å². The Kier molecular flexibility index (Phi) is 8.22. The summed E-state index contributed by atoms with van der Waals surface area (Å²) in [6, 6.07) is 5.06. The predicted molar refractivity (Wildman–Crippen MR) is 112 cm³/mol. The molecule has 0 saturated carbocycles. The van der Waals surface area contributed by atoms with E-state index in [0.29, 0.717) is 28.2 Å². The highest BCUT2D eigenvalue weighted by molar-refractivity contribution is 6.35. The molecule has 1 N–H and O–H groups in total. The van der Waals surface area contributed by atoms with Crippen LogP contribution in [0.5, 0.6) is 0 Å². The van der Waals surface area contributed by atoms with Gasteiger partial charge in [0.25, 0.3) is 0 Å². The zero-order valence-electron chi connectivity index (χ0n) is 15.4. The summed E-state index contributed by atoms with van der Waals surface area (Å²) in [7, 11) is 0. The van der Waals surface area contributed by atoms with Crippen LogP contribution in [0.2, 0.25) is 10.0 Å². The molecule has 2 aliphatic rings. The fourth-order valence-electron chi connectivity index (χ4n) is 3.78. The summed E-state index contributed by atoms with van der Waals surface area (Å²) in [6.07, 6.45) is 2.29. The number of hydrogen-bond donors (Lipinski definition) is 1. The monoisotopic (exact) mass is 433 g/mol. The predicted octanol–water partition coefficient (Wildman–Crippen LogP) is 3.62. The van der Waals surface area contributed by atoms with E-state index in [9.17, 15) is 9.59 Å². The molecule has 0 bridgehead atoms. The number of piperidine rings is 1. The summed E-state index contributed by atoms with van der Waals surface area (Å²) in [6.45, 7) is 6.06. The topological polar surface area (TPSA) is 52.7 Å². The first-order chi connectivity index (χ1) is 12.5. The van der Waals surface area contributed by atoms with Gasteiger partial charge in [0.2, 0.25) is 11.8 Å². The molecular weight excluding hydrogens is 409 g/mol. The van der Waals surface area contributed by atoms with Gasteiger partial charge >= 0.3 is 0 Å². The lowest BCUT2D eigenvalue weighted by atomic mass is 9.95. The highest BCUT2D eigenvalue weighted by Gasteiger charge is 2.38. The van der Waals surface area contributed by atoms with Gasteiger partial charge in [0, 0.05) is 41.8 Å². The number of halogens is 3. The fraction of sp³-hybridized carbons (Fsp3) is 0.579. The molecule has 2 aliphatic heterocycles. The molecular formula is C19H26Cl3N3O2. The second-order valence-corrected chi connectivity index (χ2v) is 7.98. The average Bonchev–Trinajstić information content (AvgIpc) is 3.01. The molecule has 2 fully saturated rings. The highest BCUT2D eigenvalue weighted by Crippen LogP contribution is 2.31. The third-order valence-electron chi connectivity index (χ3n) is 5.24. The molecule has 0 aliphatic carbocycles. The van der Waals surface area contributed by atoms with Gasteiger partial charge in [-0.2, -0.15) is 0 Å². The number of anilines is 1. The number of benzene rings is 1. The van der Waals surface area contributed by atoms with Gasteiger partial charge in [-0.3, -0.25) is 9.59 Å². The fourth-order valence-corrected chi connectivity index (χ4v) is 4.30. The van der Waals surface area contributed by atoms with Crippen LogP contribution in [0.25, 0.3) is 0 Å². The van der Waals surface area contributed by atoms with Crippen molar-refractivity contribution in [3.05, 3.63) is 28.2 Å². The largest absolute Gasteiger partial charge is 0.342 e. The van der Waals surface area contributed by atoms with Gasteiger partial charge in [0.05, 0.1) is 5.92 Å². The van der Waals surface area contributed by atoms with Crippen molar-refractivity contribution in [2.24, 2.45) is 11.8 Å². The van der Waals surface area contributed by atoms with Crippen molar-refractivity contribution in [3.8, 4) is 0 Å². The summed E-state index contributed by atoms with van der Waals surface area (Å²) in [5.41, 5.74) is 0.659. The van der Waals surface area contributed by atoms with Gasteiger partial charge in [-0.15, -0.1) is 12.4 Å². The zero-order valence-corrected chi connectivity index (χ0v) is 17.7. The van der Waals surface area contributed by atoms with Crippen molar-refractivity contribution in [2.75, 3.05) is 37.6 Å². The lowest BCUT2D eigenvalue weighted by molar-refractivity contribution is -0.137. The first-order valence-corrected chi connectivity index (χ1v) is 9.99. The molecule has 1 aromatic rings. The molecule has 0 aromatic heterocycles. The summed E-state index contributed by atoms with van der Waals surface area (Å²) in [4.78, 5) is 28.8. The number of likely N-dealkylation sites (tertiary alicyclic amines) is 1. The van der Waals surface area contributed by atoms with Crippen LogP contribution in [0, 0.1) is 11.8 Å². The molecule has 0 spiro atoms. The van der Waals surface area contributed by atoms with Crippen LogP contribution in [0.4, 0.5) is 5.69 Å².